The summed E-state index contributed by atoms with van der Waals surface area (Å²) in [7, 11) is 0. The fourth-order valence-electron chi connectivity index (χ4n) is 1.38. The molecule has 1 atom stereocenters. The lowest BCUT2D eigenvalue weighted by molar-refractivity contribution is 0.625. The molecule has 2 aromatic rings. The fraction of sp³-hybridized carbons (Fsp3) is 0.182. The van der Waals surface area contributed by atoms with Gasteiger partial charge >= 0.3 is 0 Å². The standard InChI is InChI=1S/C11H11FN2S/c12-9-3-1-8(2-4-9)5-10(13)11-6-15-7-14-11/h1-4,6-7,10H,5,13H2. The van der Waals surface area contributed by atoms with Crippen molar-refractivity contribution in [2.24, 2.45) is 5.73 Å². The number of aromatic nitrogens is 1. The maximum absolute atomic E-state index is 12.7. The topological polar surface area (TPSA) is 38.9 Å². The molecule has 1 unspecified atom stereocenters. The Bertz CT molecular complexity index is 411. The van der Waals surface area contributed by atoms with Gasteiger partial charge in [0.25, 0.3) is 0 Å². The summed E-state index contributed by atoms with van der Waals surface area (Å²) in [4.78, 5) is 4.15. The molecule has 2 nitrogen and oxygen atoms in total. The van der Waals surface area contributed by atoms with Crippen LogP contribution in [0.5, 0.6) is 0 Å². The quantitative estimate of drug-likeness (QED) is 0.866. The van der Waals surface area contributed by atoms with Crippen molar-refractivity contribution in [2.75, 3.05) is 0 Å². The third kappa shape index (κ3) is 2.61. The first-order chi connectivity index (χ1) is 7.25. The Morgan fingerprint density at radius 3 is 2.67 bits per heavy atom. The van der Waals surface area contributed by atoms with Gasteiger partial charge < -0.3 is 5.73 Å². The summed E-state index contributed by atoms with van der Waals surface area (Å²) >= 11 is 1.53. The predicted octanol–water partition coefficient (Wildman–Crippen LogP) is 2.52. The summed E-state index contributed by atoms with van der Waals surface area (Å²) in [5.74, 6) is -0.221. The van der Waals surface area contributed by atoms with E-state index in [1.165, 1.54) is 23.5 Å². The fourth-order valence-corrected chi connectivity index (χ4v) is 2.00. The zero-order chi connectivity index (χ0) is 10.7. The molecule has 78 valence electrons. The molecule has 0 aliphatic rings. The van der Waals surface area contributed by atoms with E-state index in [1.807, 2.05) is 5.38 Å². The Labute approximate surface area is 91.6 Å². The van der Waals surface area contributed by atoms with Gasteiger partial charge in [-0.25, -0.2) is 9.37 Å². The lowest BCUT2D eigenvalue weighted by atomic mass is 10.1. The van der Waals surface area contributed by atoms with Crippen molar-refractivity contribution in [1.29, 1.82) is 0 Å². The number of halogens is 1. The highest BCUT2D eigenvalue weighted by Gasteiger charge is 2.08. The van der Waals surface area contributed by atoms with Crippen molar-refractivity contribution >= 4 is 11.3 Å². The van der Waals surface area contributed by atoms with Crippen molar-refractivity contribution in [3.05, 3.63) is 52.2 Å². The van der Waals surface area contributed by atoms with Crippen molar-refractivity contribution < 1.29 is 4.39 Å². The van der Waals surface area contributed by atoms with Gasteiger partial charge in [0.1, 0.15) is 5.82 Å². The van der Waals surface area contributed by atoms with Crippen LogP contribution in [0.15, 0.2) is 35.2 Å². The molecular formula is C11H11FN2S. The molecule has 1 aromatic heterocycles. The summed E-state index contributed by atoms with van der Waals surface area (Å²) in [6.07, 6.45) is 0.685. The number of hydrogen-bond donors (Lipinski definition) is 1. The van der Waals surface area contributed by atoms with E-state index in [2.05, 4.69) is 4.98 Å². The highest BCUT2D eigenvalue weighted by molar-refractivity contribution is 7.07. The molecule has 0 bridgehead atoms. The van der Waals surface area contributed by atoms with Crippen molar-refractivity contribution in [2.45, 2.75) is 12.5 Å². The summed E-state index contributed by atoms with van der Waals surface area (Å²) in [5.41, 5.74) is 9.64. The summed E-state index contributed by atoms with van der Waals surface area (Å²) in [5, 5.41) is 1.94. The van der Waals surface area contributed by atoms with E-state index in [1.54, 1.807) is 17.6 Å². The average Bonchev–Trinajstić information content (AvgIpc) is 2.74. The van der Waals surface area contributed by atoms with Crippen LogP contribution < -0.4 is 5.73 Å². The second kappa shape index (κ2) is 4.51. The Morgan fingerprint density at radius 1 is 1.33 bits per heavy atom. The van der Waals surface area contributed by atoms with Crippen LogP contribution in [0.3, 0.4) is 0 Å². The zero-order valence-corrected chi connectivity index (χ0v) is 8.88. The van der Waals surface area contributed by atoms with Crippen molar-refractivity contribution in [3.63, 3.8) is 0 Å². The maximum atomic E-state index is 12.7. The van der Waals surface area contributed by atoms with Crippen molar-refractivity contribution in [3.8, 4) is 0 Å². The Balaban J connectivity index is 2.06. The molecule has 2 rings (SSSR count). The van der Waals surface area contributed by atoms with Gasteiger partial charge in [0.05, 0.1) is 17.2 Å². The van der Waals surface area contributed by atoms with Crippen LogP contribution in [0.1, 0.15) is 17.3 Å². The summed E-state index contributed by atoms with van der Waals surface area (Å²) < 4.78 is 12.7. The molecule has 1 heterocycles. The Hall–Kier alpha value is -1.26. The van der Waals surface area contributed by atoms with Gasteiger partial charge in [-0.05, 0) is 24.1 Å². The molecule has 0 spiro atoms. The number of nitrogens with zero attached hydrogens (tertiary/aromatic N) is 1. The monoisotopic (exact) mass is 222 g/mol. The Kier molecular flexibility index (Phi) is 3.08. The normalized spacial score (nSPS) is 12.7. The third-order valence-corrected chi connectivity index (χ3v) is 2.80. The van der Waals surface area contributed by atoms with Gasteiger partial charge in [-0.3, -0.25) is 0 Å². The molecule has 2 N–H and O–H groups in total. The molecule has 0 aliphatic carbocycles. The second-order valence-corrected chi connectivity index (χ2v) is 4.07. The first kappa shape index (κ1) is 10.3. The lowest BCUT2D eigenvalue weighted by Crippen LogP contribution is -2.13. The van der Waals surface area contributed by atoms with Crippen LogP contribution in [-0.4, -0.2) is 4.98 Å². The van der Waals surface area contributed by atoms with E-state index in [4.69, 9.17) is 5.73 Å². The van der Waals surface area contributed by atoms with Crippen LogP contribution in [0.25, 0.3) is 0 Å². The number of thiazole rings is 1. The average molecular weight is 222 g/mol. The molecule has 0 aliphatic heterocycles. The number of hydrogen-bond acceptors (Lipinski definition) is 3. The molecule has 0 fully saturated rings. The minimum Gasteiger partial charge on any atom is -0.322 e. The first-order valence-corrected chi connectivity index (χ1v) is 5.58. The lowest BCUT2D eigenvalue weighted by Gasteiger charge is -2.08. The van der Waals surface area contributed by atoms with E-state index in [0.29, 0.717) is 6.42 Å². The van der Waals surface area contributed by atoms with Crippen LogP contribution in [0.2, 0.25) is 0 Å². The zero-order valence-electron chi connectivity index (χ0n) is 8.06. The number of benzene rings is 1. The highest BCUT2D eigenvalue weighted by Crippen LogP contribution is 2.16. The largest absolute Gasteiger partial charge is 0.322 e. The van der Waals surface area contributed by atoms with E-state index in [0.717, 1.165) is 11.3 Å². The minimum atomic E-state index is -0.221. The molecule has 0 radical (unpaired) electrons. The van der Waals surface area contributed by atoms with Gasteiger partial charge in [0.15, 0.2) is 0 Å². The summed E-state index contributed by atoms with van der Waals surface area (Å²) in [6, 6.07) is 6.29. The Morgan fingerprint density at radius 2 is 2.07 bits per heavy atom. The molecule has 0 amide bonds. The van der Waals surface area contributed by atoms with Gasteiger partial charge in [-0.2, -0.15) is 0 Å². The number of rotatable bonds is 3. The van der Waals surface area contributed by atoms with Gasteiger partial charge in [0.2, 0.25) is 0 Å². The van der Waals surface area contributed by atoms with Crippen LogP contribution >= 0.6 is 11.3 Å². The van der Waals surface area contributed by atoms with Gasteiger partial charge in [0, 0.05) is 5.38 Å². The van der Waals surface area contributed by atoms with Gasteiger partial charge in [-0.1, -0.05) is 12.1 Å². The highest BCUT2D eigenvalue weighted by atomic mass is 32.1. The number of nitrogens with two attached hydrogens (primary N) is 1. The first-order valence-electron chi connectivity index (χ1n) is 4.64. The molecule has 15 heavy (non-hydrogen) atoms. The van der Waals surface area contributed by atoms with E-state index < -0.39 is 0 Å². The van der Waals surface area contributed by atoms with E-state index >= 15 is 0 Å². The molecular weight excluding hydrogens is 211 g/mol. The molecule has 1 aromatic carbocycles. The second-order valence-electron chi connectivity index (χ2n) is 3.35. The van der Waals surface area contributed by atoms with Crippen LogP contribution in [0, 0.1) is 5.82 Å². The predicted molar refractivity (Wildman–Crippen MR) is 59.1 cm³/mol. The smallest absolute Gasteiger partial charge is 0.123 e. The van der Waals surface area contributed by atoms with E-state index in [9.17, 15) is 4.39 Å². The van der Waals surface area contributed by atoms with Crippen molar-refractivity contribution in [1.82, 2.24) is 4.98 Å². The van der Waals surface area contributed by atoms with Crippen LogP contribution in [-0.2, 0) is 6.42 Å². The molecule has 0 saturated carbocycles. The molecule has 4 heteroatoms. The van der Waals surface area contributed by atoms with Crippen LogP contribution in [0.4, 0.5) is 4.39 Å². The van der Waals surface area contributed by atoms with Gasteiger partial charge in [-0.15, -0.1) is 11.3 Å². The maximum Gasteiger partial charge on any atom is 0.123 e. The molecule has 0 saturated heterocycles. The van der Waals surface area contributed by atoms with E-state index in [-0.39, 0.29) is 11.9 Å². The SMILES string of the molecule is NC(Cc1ccc(F)cc1)c1cscn1. The third-order valence-electron chi connectivity index (χ3n) is 2.20. The minimum absolute atomic E-state index is 0.110. The summed E-state index contributed by atoms with van der Waals surface area (Å²) in [6.45, 7) is 0.